The van der Waals surface area contributed by atoms with Gasteiger partial charge in [0.25, 0.3) is 0 Å². The highest BCUT2D eigenvalue weighted by Crippen LogP contribution is 2.70. The predicted molar refractivity (Wildman–Crippen MR) is 234 cm³/mol. The lowest BCUT2D eigenvalue weighted by Gasteiger charge is -2.39. The van der Waals surface area contributed by atoms with Crippen molar-refractivity contribution in [3.8, 4) is 33.8 Å². The number of para-hydroxylation sites is 2. The first-order valence-electron chi connectivity index (χ1n) is 20.1. The summed E-state index contributed by atoms with van der Waals surface area (Å²) in [6.45, 7) is 2.83. The van der Waals surface area contributed by atoms with Crippen LogP contribution in [0.2, 0.25) is 0 Å². The minimum Gasteiger partial charge on any atom is -0.488 e. The molecular formula is C53H44O2S. The quantitative estimate of drug-likeness (QED) is 0.0876. The number of ether oxygens (including phenoxy) is 2. The molecule has 2 heterocycles. The third-order valence-corrected chi connectivity index (χ3v) is 15.1. The van der Waals surface area contributed by atoms with E-state index >= 15 is 0 Å². The van der Waals surface area contributed by atoms with Crippen LogP contribution >= 0.6 is 10.0 Å². The lowest BCUT2D eigenvalue weighted by Crippen LogP contribution is -2.19. The van der Waals surface area contributed by atoms with Crippen LogP contribution in [-0.2, 0) is 13.0 Å². The van der Waals surface area contributed by atoms with E-state index in [-0.39, 0.29) is 12.0 Å². The standard InChI is InChI=1S/C53H44O2S/c1-2-3-4-8-19-41-42-20-9-11-22-44(42)46(45-23-12-10-21-43(41)45)32-33-56(38-17-6-5-7-18-38,40-30-31-53-50(35-40)48-25-14-16-27-52(48)55-53)39-29-28-37-36-54-51-26-15-13-24-47(51)49(37)34-39/h5-7,9-18,20-31,34-35,50,53H,2-4,8,19,36H2,1H3. The predicted octanol–water partition coefficient (Wildman–Crippen LogP) is 13.9. The van der Waals surface area contributed by atoms with E-state index in [1.165, 1.54) is 84.2 Å². The van der Waals surface area contributed by atoms with Crippen LogP contribution in [0.3, 0.4) is 0 Å². The molecule has 3 aliphatic rings. The molecule has 7 aromatic carbocycles. The second-order valence-corrected chi connectivity index (χ2v) is 17.9. The normalized spacial score (nSPS) is 17.8. The summed E-state index contributed by atoms with van der Waals surface area (Å²) in [5, 5.41) is 9.29. The Kier molecular flexibility index (Phi) is 9.01. The highest BCUT2D eigenvalue weighted by Gasteiger charge is 2.39. The Morgan fingerprint density at radius 3 is 2.12 bits per heavy atom. The molecule has 7 aromatic rings. The third-order valence-electron chi connectivity index (χ3n) is 11.8. The fourth-order valence-corrected chi connectivity index (χ4v) is 12.2. The van der Waals surface area contributed by atoms with E-state index in [2.05, 4.69) is 182 Å². The summed E-state index contributed by atoms with van der Waals surface area (Å²) < 4.78 is 12.7. The second kappa shape index (κ2) is 14.6. The smallest absolute Gasteiger partial charge is 0.128 e. The summed E-state index contributed by atoms with van der Waals surface area (Å²) in [6, 6.07) is 52.9. The molecule has 3 unspecified atom stereocenters. The number of hydrogen-bond donors (Lipinski definition) is 0. The number of rotatable bonds is 8. The number of benzene rings is 7. The summed E-state index contributed by atoms with van der Waals surface area (Å²) >= 11 is 0. The van der Waals surface area contributed by atoms with Crippen molar-refractivity contribution in [1.82, 2.24) is 0 Å². The van der Waals surface area contributed by atoms with E-state index in [4.69, 9.17) is 9.47 Å². The first kappa shape index (κ1) is 34.5. The molecule has 0 amide bonds. The van der Waals surface area contributed by atoms with E-state index < -0.39 is 10.0 Å². The lowest BCUT2D eigenvalue weighted by molar-refractivity contribution is 0.268. The van der Waals surface area contributed by atoms with Crippen LogP contribution in [0.1, 0.15) is 60.8 Å². The second-order valence-electron chi connectivity index (χ2n) is 15.1. The zero-order valence-electron chi connectivity index (χ0n) is 31.7. The summed E-state index contributed by atoms with van der Waals surface area (Å²) in [5.74, 6) is 6.00. The molecule has 3 atom stereocenters. The van der Waals surface area contributed by atoms with Gasteiger partial charge in [-0.15, -0.1) is 0 Å². The van der Waals surface area contributed by atoms with E-state index in [0.29, 0.717) is 6.61 Å². The van der Waals surface area contributed by atoms with Gasteiger partial charge >= 0.3 is 0 Å². The Balaban J connectivity index is 1.25. The first-order chi connectivity index (χ1) is 27.7. The zero-order valence-corrected chi connectivity index (χ0v) is 32.5. The molecule has 2 nitrogen and oxygen atoms in total. The topological polar surface area (TPSA) is 18.5 Å². The van der Waals surface area contributed by atoms with Crippen molar-refractivity contribution in [3.05, 3.63) is 191 Å². The van der Waals surface area contributed by atoms with E-state index in [0.717, 1.165) is 29.0 Å². The molecule has 0 spiro atoms. The van der Waals surface area contributed by atoms with Crippen LogP contribution < -0.4 is 9.47 Å². The van der Waals surface area contributed by atoms with E-state index in [1.807, 2.05) is 0 Å². The van der Waals surface area contributed by atoms with E-state index in [9.17, 15) is 0 Å². The van der Waals surface area contributed by atoms with Crippen LogP contribution in [0.4, 0.5) is 0 Å². The molecule has 0 N–H and O–H groups in total. The molecule has 274 valence electrons. The van der Waals surface area contributed by atoms with Gasteiger partial charge in [-0.2, -0.15) is 0 Å². The number of allylic oxidation sites excluding steroid dienone is 1. The van der Waals surface area contributed by atoms with Gasteiger partial charge in [-0.1, -0.05) is 157 Å². The number of fused-ring (bicyclic) bond motifs is 8. The largest absolute Gasteiger partial charge is 0.488 e. The van der Waals surface area contributed by atoms with Gasteiger partial charge in [0.15, 0.2) is 0 Å². The highest BCUT2D eigenvalue weighted by atomic mass is 32.3. The molecule has 2 aliphatic heterocycles. The van der Waals surface area contributed by atoms with Gasteiger partial charge < -0.3 is 9.47 Å². The molecule has 0 bridgehead atoms. The van der Waals surface area contributed by atoms with Crippen LogP contribution in [0.5, 0.6) is 11.5 Å². The Morgan fingerprint density at radius 2 is 1.34 bits per heavy atom. The average molecular weight is 745 g/mol. The molecule has 10 rings (SSSR count). The number of aryl methyl sites for hydroxylation is 1. The van der Waals surface area contributed by atoms with Crippen molar-refractivity contribution >= 4 is 31.6 Å². The molecular weight excluding hydrogens is 701 g/mol. The molecule has 56 heavy (non-hydrogen) atoms. The van der Waals surface area contributed by atoms with Gasteiger partial charge in [0.2, 0.25) is 0 Å². The molecule has 0 saturated heterocycles. The number of unbranched alkanes of at least 4 members (excludes halogenated alkanes) is 3. The van der Waals surface area contributed by atoms with Crippen LogP contribution in [0.25, 0.3) is 32.7 Å². The molecule has 0 fully saturated rings. The SMILES string of the molecule is CCCCCCc1c2ccccc2c(C#CS(C2=CC3c4ccccc4OC3C=C2)(c2ccccc2)c2ccc3c(c2)-c2ccccc2OC3)c2ccccc12. The molecule has 0 aromatic heterocycles. The first-order valence-corrected chi connectivity index (χ1v) is 21.7. The van der Waals surface area contributed by atoms with Crippen LogP contribution in [0, 0.1) is 11.2 Å². The molecule has 3 heteroatoms. The lowest BCUT2D eigenvalue weighted by atomic mass is 9.89. The highest BCUT2D eigenvalue weighted by molar-refractivity contribution is 8.40. The zero-order chi connectivity index (χ0) is 37.5. The Morgan fingerprint density at radius 1 is 0.643 bits per heavy atom. The van der Waals surface area contributed by atoms with Crippen molar-refractivity contribution in [2.75, 3.05) is 0 Å². The van der Waals surface area contributed by atoms with Crippen molar-refractivity contribution < 1.29 is 9.47 Å². The summed E-state index contributed by atoms with van der Waals surface area (Å²) in [4.78, 5) is 3.67. The fraction of sp³-hybridized carbons (Fsp3) is 0.170. The van der Waals surface area contributed by atoms with Gasteiger partial charge in [0, 0.05) is 37.3 Å². The van der Waals surface area contributed by atoms with Gasteiger partial charge in [-0.3, -0.25) is 0 Å². The third kappa shape index (κ3) is 5.83. The maximum atomic E-state index is 6.50. The Hall–Kier alpha value is -5.95. The van der Waals surface area contributed by atoms with Gasteiger partial charge in [-0.05, 0) is 105 Å². The summed E-state index contributed by atoms with van der Waals surface area (Å²) in [5.41, 5.74) is 7.32. The average Bonchev–Trinajstić information content (AvgIpc) is 3.64. The van der Waals surface area contributed by atoms with Gasteiger partial charge in [0.1, 0.15) is 24.2 Å². The van der Waals surface area contributed by atoms with Crippen molar-refractivity contribution in [2.24, 2.45) is 0 Å². The Labute approximate surface area is 331 Å². The minimum atomic E-state index is -2.18. The summed E-state index contributed by atoms with van der Waals surface area (Å²) in [6.07, 6.45) is 13.0. The van der Waals surface area contributed by atoms with Crippen LogP contribution in [0.15, 0.2) is 179 Å². The Bertz CT molecular complexity index is 2690. The maximum Gasteiger partial charge on any atom is 0.128 e. The van der Waals surface area contributed by atoms with Crippen molar-refractivity contribution in [1.29, 1.82) is 0 Å². The monoisotopic (exact) mass is 744 g/mol. The molecule has 0 radical (unpaired) electrons. The van der Waals surface area contributed by atoms with Gasteiger partial charge in [0.05, 0.1) is 0 Å². The minimum absolute atomic E-state index is 0.0395. The van der Waals surface area contributed by atoms with E-state index in [1.54, 1.807) is 0 Å². The maximum absolute atomic E-state index is 6.50. The van der Waals surface area contributed by atoms with Gasteiger partial charge in [-0.25, -0.2) is 0 Å². The fourth-order valence-electron chi connectivity index (χ4n) is 9.01. The molecule has 1 aliphatic carbocycles. The summed E-state index contributed by atoms with van der Waals surface area (Å²) in [7, 11) is -2.18. The van der Waals surface area contributed by atoms with Crippen LogP contribution in [-0.4, -0.2) is 6.10 Å². The van der Waals surface area contributed by atoms with Crippen molar-refractivity contribution in [2.45, 2.75) is 67.4 Å². The number of hydrogen-bond acceptors (Lipinski definition) is 2. The molecule has 0 saturated carbocycles. The van der Waals surface area contributed by atoms with Crippen molar-refractivity contribution in [3.63, 3.8) is 0 Å².